The van der Waals surface area contributed by atoms with E-state index >= 15 is 0 Å². The van der Waals surface area contributed by atoms with Crippen LogP contribution in [0.3, 0.4) is 0 Å². The van der Waals surface area contributed by atoms with E-state index in [-0.39, 0.29) is 0 Å². The predicted molar refractivity (Wildman–Crippen MR) is 79.4 cm³/mol. The topological polar surface area (TPSA) is 17.8 Å². The summed E-state index contributed by atoms with van der Waals surface area (Å²) in [5, 5.41) is 0. The standard InChI is InChI=1S/C17H18N2/c1-13(2)17-18-15-10-6-7-11-16(15)19(17)12-14-8-4-3-5-9-14/h3-11,13H,12H2,1-2H3. The van der Waals surface area contributed by atoms with Crippen molar-refractivity contribution < 1.29 is 0 Å². The van der Waals surface area contributed by atoms with E-state index in [9.17, 15) is 0 Å². The Morgan fingerprint density at radius 2 is 1.63 bits per heavy atom. The van der Waals surface area contributed by atoms with Gasteiger partial charge in [0.25, 0.3) is 0 Å². The van der Waals surface area contributed by atoms with Gasteiger partial charge < -0.3 is 4.57 Å². The minimum absolute atomic E-state index is 0.427. The lowest BCUT2D eigenvalue weighted by Crippen LogP contribution is -2.06. The van der Waals surface area contributed by atoms with Crippen molar-refractivity contribution in [3.63, 3.8) is 0 Å². The van der Waals surface area contributed by atoms with Crippen LogP contribution in [0.15, 0.2) is 54.6 Å². The number of hydrogen-bond acceptors (Lipinski definition) is 1. The van der Waals surface area contributed by atoms with Gasteiger partial charge in [-0.05, 0) is 17.7 Å². The van der Waals surface area contributed by atoms with Crippen LogP contribution in [0.4, 0.5) is 0 Å². The predicted octanol–water partition coefficient (Wildman–Crippen LogP) is 4.21. The highest BCUT2D eigenvalue weighted by Crippen LogP contribution is 2.22. The van der Waals surface area contributed by atoms with Gasteiger partial charge in [-0.25, -0.2) is 4.98 Å². The molecule has 2 nitrogen and oxygen atoms in total. The highest BCUT2D eigenvalue weighted by molar-refractivity contribution is 5.76. The summed E-state index contributed by atoms with van der Waals surface area (Å²) in [6, 6.07) is 18.9. The summed E-state index contributed by atoms with van der Waals surface area (Å²) in [5.74, 6) is 1.58. The first-order chi connectivity index (χ1) is 9.25. The largest absolute Gasteiger partial charge is 0.323 e. The van der Waals surface area contributed by atoms with Crippen molar-refractivity contribution in [2.75, 3.05) is 0 Å². The molecule has 1 aromatic heterocycles. The Labute approximate surface area is 113 Å². The van der Waals surface area contributed by atoms with Crippen molar-refractivity contribution in [1.29, 1.82) is 0 Å². The van der Waals surface area contributed by atoms with E-state index in [4.69, 9.17) is 4.98 Å². The number of aromatic nitrogens is 2. The van der Waals surface area contributed by atoms with Gasteiger partial charge in [0, 0.05) is 12.5 Å². The monoisotopic (exact) mass is 250 g/mol. The SMILES string of the molecule is CC(C)c1nc2ccccc2n1Cc1ccccc1. The van der Waals surface area contributed by atoms with E-state index in [1.165, 1.54) is 11.1 Å². The highest BCUT2D eigenvalue weighted by atomic mass is 15.1. The van der Waals surface area contributed by atoms with E-state index in [2.05, 4.69) is 66.9 Å². The summed E-state index contributed by atoms with van der Waals surface area (Å²) >= 11 is 0. The fourth-order valence-corrected chi connectivity index (χ4v) is 2.47. The number of para-hydroxylation sites is 2. The Morgan fingerprint density at radius 3 is 2.37 bits per heavy atom. The molecular formula is C17H18N2. The number of nitrogens with zero attached hydrogens (tertiary/aromatic N) is 2. The third kappa shape index (κ3) is 2.26. The molecule has 0 bridgehead atoms. The molecule has 96 valence electrons. The van der Waals surface area contributed by atoms with Crippen molar-refractivity contribution in [3.8, 4) is 0 Å². The number of hydrogen-bond donors (Lipinski definition) is 0. The van der Waals surface area contributed by atoms with Crippen molar-refractivity contribution >= 4 is 11.0 Å². The Bertz CT molecular complexity index is 681. The molecular weight excluding hydrogens is 232 g/mol. The summed E-state index contributed by atoms with van der Waals surface area (Å²) < 4.78 is 2.33. The van der Waals surface area contributed by atoms with E-state index in [1.54, 1.807) is 0 Å². The van der Waals surface area contributed by atoms with Crippen molar-refractivity contribution in [2.24, 2.45) is 0 Å². The number of fused-ring (bicyclic) bond motifs is 1. The minimum Gasteiger partial charge on any atom is -0.323 e. The number of benzene rings is 2. The second-order valence-electron chi connectivity index (χ2n) is 5.19. The van der Waals surface area contributed by atoms with Gasteiger partial charge in [0.05, 0.1) is 11.0 Å². The van der Waals surface area contributed by atoms with Crippen LogP contribution >= 0.6 is 0 Å². The van der Waals surface area contributed by atoms with Crippen molar-refractivity contribution in [3.05, 3.63) is 66.0 Å². The van der Waals surface area contributed by atoms with Gasteiger partial charge in [0.1, 0.15) is 5.82 Å². The molecule has 0 unspecified atom stereocenters. The van der Waals surface area contributed by atoms with Gasteiger partial charge in [-0.15, -0.1) is 0 Å². The quantitative estimate of drug-likeness (QED) is 0.681. The lowest BCUT2D eigenvalue weighted by Gasteiger charge is -2.11. The molecule has 0 aliphatic carbocycles. The van der Waals surface area contributed by atoms with E-state index in [0.717, 1.165) is 17.9 Å². The summed E-state index contributed by atoms with van der Waals surface area (Å²) in [7, 11) is 0. The average Bonchev–Trinajstić information content (AvgIpc) is 2.79. The molecule has 2 aromatic carbocycles. The van der Waals surface area contributed by atoms with Crippen molar-refractivity contribution in [2.45, 2.75) is 26.3 Å². The van der Waals surface area contributed by atoms with Gasteiger partial charge in [0.15, 0.2) is 0 Å². The zero-order valence-electron chi connectivity index (χ0n) is 11.4. The van der Waals surface area contributed by atoms with Gasteiger partial charge in [-0.1, -0.05) is 56.3 Å². The molecule has 0 amide bonds. The van der Waals surface area contributed by atoms with Crippen LogP contribution in [0.5, 0.6) is 0 Å². The second kappa shape index (κ2) is 4.88. The lowest BCUT2D eigenvalue weighted by atomic mass is 10.2. The zero-order valence-corrected chi connectivity index (χ0v) is 11.4. The third-order valence-electron chi connectivity index (χ3n) is 3.38. The fraction of sp³-hybridized carbons (Fsp3) is 0.235. The average molecular weight is 250 g/mol. The van der Waals surface area contributed by atoms with Crippen LogP contribution in [0.1, 0.15) is 31.2 Å². The smallest absolute Gasteiger partial charge is 0.112 e. The maximum Gasteiger partial charge on any atom is 0.112 e. The number of rotatable bonds is 3. The molecule has 0 aliphatic heterocycles. The molecule has 0 N–H and O–H groups in total. The minimum atomic E-state index is 0.427. The van der Waals surface area contributed by atoms with Gasteiger partial charge in [0.2, 0.25) is 0 Å². The summed E-state index contributed by atoms with van der Waals surface area (Å²) in [4.78, 5) is 4.77. The van der Waals surface area contributed by atoms with Gasteiger partial charge >= 0.3 is 0 Å². The lowest BCUT2D eigenvalue weighted by molar-refractivity contribution is 0.683. The maximum absolute atomic E-state index is 4.77. The summed E-state index contributed by atoms with van der Waals surface area (Å²) in [6.07, 6.45) is 0. The molecule has 0 atom stereocenters. The summed E-state index contributed by atoms with van der Waals surface area (Å²) in [6.45, 7) is 5.28. The third-order valence-corrected chi connectivity index (χ3v) is 3.38. The highest BCUT2D eigenvalue weighted by Gasteiger charge is 2.13. The normalized spacial score (nSPS) is 11.3. The van der Waals surface area contributed by atoms with Crippen LogP contribution < -0.4 is 0 Å². The Hall–Kier alpha value is -2.09. The molecule has 0 radical (unpaired) electrons. The first kappa shape index (κ1) is 12.0. The van der Waals surface area contributed by atoms with Crippen LogP contribution in [0.25, 0.3) is 11.0 Å². The van der Waals surface area contributed by atoms with Gasteiger partial charge in [-0.2, -0.15) is 0 Å². The van der Waals surface area contributed by atoms with Crippen LogP contribution in [-0.2, 0) is 6.54 Å². The molecule has 0 aliphatic rings. The maximum atomic E-state index is 4.77. The molecule has 2 heteroatoms. The first-order valence-corrected chi connectivity index (χ1v) is 6.75. The van der Waals surface area contributed by atoms with Gasteiger partial charge in [-0.3, -0.25) is 0 Å². The van der Waals surface area contributed by atoms with Crippen LogP contribution in [0.2, 0.25) is 0 Å². The zero-order chi connectivity index (χ0) is 13.2. The molecule has 3 rings (SSSR count). The van der Waals surface area contributed by atoms with Crippen LogP contribution in [0, 0.1) is 0 Å². The Morgan fingerprint density at radius 1 is 0.947 bits per heavy atom. The molecule has 0 saturated carbocycles. The molecule has 3 aromatic rings. The molecule has 1 heterocycles. The Kier molecular flexibility index (Phi) is 3.08. The van der Waals surface area contributed by atoms with Crippen LogP contribution in [-0.4, -0.2) is 9.55 Å². The molecule has 0 fully saturated rings. The first-order valence-electron chi connectivity index (χ1n) is 6.75. The summed E-state index contributed by atoms with van der Waals surface area (Å²) in [5.41, 5.74) is 3.62. The van der Waals surface area contributed by atoms with E-state index in [1.807, 2.05) is 6.07 Å². The fourth-order valence-electron chi connectivity index (χ4n) is 2.47. The molecule has 0 saturated heterocycles. The van der Waals surface area contributed by atoms with Crippen molar-refractivity contribution in [1.82, 2.24) is 9.55 Å². The number of imidazole rings is 1. The molecule has 19 heavy (non-hydrogen) atoms. The molecule has 0 spiro atoms. The second-order valence-corrected chi connectivity index (χ2v) is 5.19. The van der Waals surface area contributed by atoms with E-state index in [0.29, 0.717) is 5.92 Å². The van der Waals surface area contributed by atoms with E-state index < -0.39 is 0 Å². The Balaban J connectivity index is 2.12.